The van der Waals surface area contributed by atoms with Crippen LogP contribution in [-0.2, 0) is 15.7 Å². The van der Waals surface area contributed by atoms with Gasteiger partial charge >= 0.3 is 35.7 Å². The molecule has 1 aromatic carbocycles. The molecule has 7 rings (SSSR count). The number of methoxy groups -OCH3 is 1. The number of benzene rings is 1. The largest absolute Gasteiger partial charge is 1.00 e. The fourth-order valence-corrected chi connectivity index (χ4v) is 7.70. The predicted octanol–water partition coefficient (Wildman–Crippen LogP) is 2.82. The Kier molecular flexibility index (Phi) is 11.3. The molecule has 0 amide bonds. The number of H-pyrrole nitrogens is 1. The molecule has 51 heavy (non-hydrogen) atoms. The van der Waals surface area contributed by atoms with Gasteiger partial charge in [-0.2, -0.15) is 13.2 Å². The number of imidazole rings is 1. The van der Waals surface area contributed by atoms with Gasteiger partial charge in [0.1, 0.15) is 23.2 Å². The number of nitrogens with one attached hydrogen (secondary N) is 1. The topological polar surface area (TPSA) is 120 Å². The summed E-state index contributed by atoms with van der Waals surface area (Å²) in [6.45, 7) is 2.53. The third kappa shape index (κ3) is 8.54. The number of rotatable bonds is 12. The Morgan fingerprint density at radius 1 is 1.06 bits per heavy atom. The number of aromatic nitrogens is 4. The molecule has 4 heterocycles. The first-order chi connectivity index (χ1) is 24.0. The SMILES string of the molecule is COCC1(CN(C)c2cc(-c3cnc(C4CC4)c(C(F)(F)F)c3)nc3nc(-c4ccc(OC5CCN(CC(=O)[O-])CC5)cc4)[nH]c23)CCCC1.[Na+]. The van der Waals surface area contributed by atoms with Crippen molar-refractivity contribution in [1.82, 2.24) is 24.8 Å². The Bertz CT molecular complexity index is 1830. The van der Waals surface area contributed by atoms with Crippen LogP contribution in [0.4, 0.5) is 18.9 Å². The van der Waals surface area contributed by atoms with Gasteiger partial charge in [0.15, 0.2) is 5.65 Å². The van der Waals surface area contributed by atoms with Gasteiger partial charge in [0.05, 0.1) is 35.2 Å². The number of fused-ring (bicyclic) bond motifs is 1. The van der Waals surface area contributed by atoms with Crippen LogP contribution in [-0.4, -0.2) is 83.9 Å². The van der Waals surface area contributed by atoms with Gasteiger partial charge in [-0.1, -0.05) is 12.8 Å². The number of anilines is 1. The van der Waals surface area contributed by atoms with E-state index in [9.17, 15) is 23.1 Å². The fourth-order valence-electron chi connectivity index (χ4n) is 7.70. The van der Waals surface area contributed by atoms with Crippen molar-refractivity contribution >= 4 is 22.8 Å². The Balaban J connectivity index is 0.00000448. The second kappa shape index (κ2) is 15.4. The standard InChI is InChI=1S/C37H43F3N6O4.Na/c1-45(21-36(22-49-2)13-3-4-14-36)30-18-29(25-17-28(37(38,39)40)32(41-19-25)23-5-6-23)42-35-33(30)43-34(44-35)24-7-9-26(10-8-24)50-27-11-15-46(16-12-27)20-31(47)48;/h7-10,17-19,23,27H,3-6,11-16,20-22H2,1-2H3,(H,47,48)(H,42,43,44);/q;+1/p-1. The summed E-state index contributed by atoms with van der Waals surface area (Å²) in [5, 5.41) is 10.9. The van der Waals surface area contributed by atoms with E-state index in [2.05, 4.69) is 14.9 Å². The molecule has 3 fully saturated rings. The minimum Gasteiger partial charge on any atom is -0.549 e. The van der Waals surface area contributed by atoms with Crippen molar-refractivity contribution in [3.63, 3.8) is 0 Å². The number of likely N-dealkylation sites (tertiary alicyclic amines) is 1. The summed E-state index contributed by atoms with van der Waals surface area (Å²) in [6, 6.07) is 10.6. The van der Waals surface area contributed by atoms with E-state index in [1.807, 2.05) is 42.3 Å². The first-order valence-corrected chi connectivity index (χ1v) is 17.4. The second-order valence-corrected chi connectivity index (χ2v) is 14.2. The van der Waals surface area contributed by atoms with Crippen molar-refractivity contribution < 1.29 is 62.1 Å². The van der Waals surface area contributed by atoms with Crippen molar-refractivity contribution in [3.05, 3.63) is 53.9 Å². The zero-order valence-electron chi connectivity index (χ0n) is 29.4. The number of halogens is 3. The number of aliphatic carboxylic acids is 1. The van der Waals surface area contributed by atoms with Crippen molar-refractivity contribution in [2.45, 2.75) is 69.6 Å². The molecule has 1 N–H and O–H groups in total. The maximum Gasteiger partial charge on any atom is 1.00 e. The number of carboxylic acids is 1. The van der Waals surface area contributed by atoms with Crippen LogP contribution in [0.2, 0.25) is 0 Å². The van der Waals surface area contributed by atoms with Crippen LogP contribution in [0.15, 0.2) is 42.6 Å². The average molecular weight is 715 g/mol. The summed E-state index contributed by atoms with van der Waals surface area (Å²) < 4.78 is 54.5. The summed E-state index contributed by atoms with van der Waals surface area (Å²) in [4.78, 5) is 32.3. The third-order valence-corrected chi connectivity index (χ3v) is 10.3. The van der Waals surface area contributed by atoms with Gasteiger partial charge < -0.3 is 29.3 Å². The van der Waals surface area contributed by atoms with Gasteiger partial charge in [0.25, 0.3) is 0 Å². The van der Waals surface area contributed by atoms with Crippen LogP contribution in [0.5, 0.6) is 5.75 Å². The van der Waals surface area contributed by atoms with Crippen LogP contribution >= 0.6 is 0 Å². The molecule has 14 heteroatoms. The molecule has 0 atom stereocenters. The molecule has 3 aromatic heterocycles. The minimum atomic E-state index is -4.52. The van der Waals surface area contributed by atoms with E-state index >= 15 is 0 Å². The van der Waals surface area contributed by atoms with E-state index in [1.165, 1.54) is 12.3 Å². The number of hydrogen-bond acceptors (Lipinski definition) is 9. The Labute approximate surface area is 317 Å². The van der Waals surface area contributed by atoms with Gasteiger partial charge in [-0.05, 0) is 74.9 Å². The summed E-state index contributed by atoms with van der Waals surface area (Å²) in [5.41, 5.74) is 2.73. The number of ether oxygens (including phenoxy) is 2. The summed E-state index contributed by atoms with van der Waals surface area (Å²) in [6.07, 6.45) is 4.17. The molecule has 1 saturated heterocycles. The normalized spacial score (nSPS) is 18.1. The minimum absolute atomic E-state index is 0. The number of carbonyl (C=O) groups excluding carboxylic acids is 1. The molecule has 0 unspecified atom stereocenters. The summed E-state index contributed by atoms with van der Waals surface area (Å²) in [7, 11) is 3.72. The Morgan fingerprint density at radius 3 is 2.39 bits per heavy atom. The number of carbonyl (C=O) groups is 1. The van der Waals surface area contributed by atoms with Crippen LogP contribution < -0.4 is 44.3 Å². The maximum absolute atomic E-state index is 14.2. The number of aromatic amines is 1. The molecule has 266 valence electrons. The zero-order valence-corrected chi connectivity index (χ0v) is 31.4. The first-order valence-electron chi connectivity index (χ1n) is 17.4. The van der Waals surface area contributed by atoms with E-state index in [0.717, 1.165) is 49.8 Å². The summed E-state index contributed by atoms with van der Waals surface area (Å²) in [5.74, 6) is 0.0509. The first kappa shape index (κ1) is 37.5. The molecular weight excluding hydrogens is 672 g/mol. The average Bonchev–Trinajstić information content (AvgIpc) is 3.69. The van der Waals surface area contributed by atoms with Gasteiger partial charge in [0, 0.05) is 69.0 Å². The molecule has 0 bridgehead atoms. The monoisotopic (exact) mass is 714 g/mol. The van der Waals surface area contributed by atoms with Crippen molar-refractivity contribution in [1.29, 1.82) is 0 Å². The third-order valence-electron chi connectivity index (χ3n) is 10.3. The van der Waals surface area contributed by atoms with Crippen molar-refractivity contribution in [2.75, 3.05) is 51.8 Å². The van der Waals surface area contributed by atoms with Gasteiger partial charge in [-0.25, -0.2) is 9.97 Å². The Morgan fingerprint density at radius 2 is 1.76 bits per heavy atom. The molecular formula is C37H42F3N6NaO4. The van der Waals surface area contributed by atoms with E-state index in [0.29, 0.717) is 73.1 Å². The van der Waals surface area contributed by atoms with E-state index in [4.69, 9.17) is 19.4 Å². The zero-order chi connectivity index (χ0) is 35.0. The number of carboxylic acid groups (broad SMARTS) is 1. The molecule has 0 radical (unpaired) electrons. The molecule has 2 saturated carbocycles. The number of hydrogen-bond donors (Lipinski definition) is 1. The van der Waals surface area contributed by atoms with E-state index < -0.39 is 17.7 Å². The molecule has 1 aliphatic heterocycles. The molecule has 4 aromatic rings. The number of pyridine rings is 2. The number of alkyl halides is 3. The molecule has 3 aliphatic rings. The Hall–Kier alpha value is -3.23. The van der Waals surface area contributed by atoms with Crippen LogP contribution in [0.1, 0.15) is 68.5 Å². The van der Waals surface area contributed by atoms with Gasteiger partial charge in [-0.3, -0.25) is 9.88 Å². The van der Waals surface area contributed by atoms with Crippen molar-refractivity contribution in [3.8, 4) is 28.4 Å². The fraction of sp³-hybridized carbons (Fsp3) is 0.514. The van der Waals surface area contributed by atoms with Crippen LogP contribution in [0.25, 0.3) is 33.8 Å². The maximum atomic E-state index is 14.2. The number of piperidine rings is 1. The molecule has 2 aliphatic carbocycles. The second-order valence-electron chi connectivity index (χ2n) is 14.2. The summed E-state index contributed by atoms with van der Waals surface area (Å²) >= 11 is 0. The molecule has 0 spiro atoms. The quantitative estimate of drug-likeness (QED) is 0.221. The van der Waals surface area contributed by atoms with E-state index in [-0.39, 0.29) is 59.2 Å². The predicted molar refractivity (Wildman–Crippen MR) is 181 cm³/mol. The van der Waals surface area contributed by atoms with Crippen LogP contribution in [0.3, 0.4) is 0 Å². The van der Waals surface area contributed by atoms with Crippen molar-refractivity contribution in [2.24, 2.45) is 5.41 Å². The van der Waals surface area contributed by atoms with Gasteiger partial charge in [0.2, 0.25) is 0 Å². The number of nitrogens with zero attached hydrogens (tertiary/aromatic N) is 5. The van der Waals surface area contributed by atoms with Crippen LogP contribution in [0, 0.1) is 5.41 Å². The van der Waals surface area contributed by atoms with E-state index in [1.54, 1.807) is 7.11 Å². The smallest absolute Gasteiger partial charge is 0.549 e. The molecule has 10 nitrogen and oxygen atoms in total. The van der Waals surface area contributed by atoms with Gasteiger partial charge in [-0.15, -0.1) is 0 Å².